The van der Waals surface area contributed by atoms with Gasteiger partial charge in [-0.05, 0) is 11.5 Å². The molecule has 0 spiro atoms. The summed E-state index contributed by atoms with van der Waals surface area (Å²) < 4.78 is 27.1. The quantitative estimate of drug-likeness (QED) is 0.510. The second-order valence-corrected chi connectivity index (χ2v) is 7.65. The van der Waals surface area contributed by atoms with Crippen molar-refractivity contribution in [3.8, 4) is 0 Å². The number of aliphatic hydroxyl groups is 1. The molecule has 0 aliphatic carbocycles. The SMILES string of the molecule is CC(C)[C@@H](c1ccc(C(C)(F)F)cc1)N1NC(CO)C2C(=O)NC(N)NC21. The van der Waals surface area contributed by atoms with E-state index in [0.717, 1.165) is 12.5 Å². The van der Waals surface area contributed by atoms with Crippen LogP contribution in [-0.4, -0.2) is 41.1 Å². The van der Waals surface area contributed by atoms with Crippen LogP contribution in [0.4, 0.5) is 8.78 Å². The molecule has 1 aromatic carbocycles. The highest BCUT2D eigenvalue weighted by Gasteiger charge is 2.51. The van der Waals surface area contributed by atoms with Gasteiger partial charge in [0.05, 0.1) is 30.8 Å². The number of alkyl halides is 2. The average Bonchev–Trinajstić information content (AvgIpc) is 2.93. The molecule has 27 heavy (non-hydrogen) atoms. The van der Waals surface area contributed by atoms with E-state index in [9.17, 15) is 18.7 Å². The number of amides is 1. The van der Waals surface area contributed by atoms with Crippen LogP contribution in [0.1, 0.15) is 37.9 Å². The van der Waals surface area contributed by atoms with Crippen molar-refractivity contribution in [2.24, 2.45) is 17.6 Å². The number of hydrogen-bond acceptors (Lipinski definition) is 6. The highest BCUT2D eigenvalue weighted by molar-refractivity contribution is 5.81. The summed E-state index contributed by atoms with van der Waals surface area (Å²) in [4.78, 5) is 12.4. The molecule has 2 aliphatic heterocycles. The van der Waals surface area contributed by atoms with E-state index in [4.69, 9.17) is 5.73 Å². The zero-order chi connectivity index (χ0) is 19.9. The third-order valence-corrected chi connectivity index (χ3v) is 5.23. The lowest BCUT2D eigenvalue weighted by molar-refractivity contribution is -0.131. The van der Waals surface area contributed by atoms with E-state index in [2.05, 4.69) is 16.1 Å². The summed E-state index contributed by atoms with van der Waals surface area (Å²) in [5.74, 6) is -3.55. The molecule has 4 unspecified atom stereocenters. The number of fused-ring (bicyclic) bond motifs is 1. The second kappa shape index (κ2) is 7.40. The van der Waals surface area contributed by atoms with Gasteiger partial charge < -0.3 is 10.4 Å². The first-order chi connectivity index (χ1) is 12.6. The third-order valence-electron chi connectivity index (χ3n) is 5.23. The van der Waals surface area contributed by atoms with Gasteiger partial charge in [-0.3, -0.25) is 15.8 Å². The van der Waals surface area contributed by atoms with Gasteiger partial charge in [0.2, 0.25) is 5.91 Å². The van der Waals surface area contributed by atoms with E-state index in [1.807, 2.05) is 18.9 Å². The molecule has 1 aromatic rings. The number of benzene rings is 1. The number of hydrazine groups is 1. The number of hydrogen-bond donors (Lipinski definition) is 5. The normalized spacial score (nSPS) is 30.3. The number of rotatable bonds is 5. The zero-order valence-corrected chi connectivity index (χ0v) is 15.6. The topological polar surface area (TPSA) is 103 Å². The first kappa shape index (κ1) is 20.1. The minimum Gasteiger partial charge on any atom is -0.395 e. The first-order valence-electron chi connectivity index (χ1n) is 9.09. The maximum atomic E-state index is 13.5. The lowest BCUT2D eigenvalue weighted by Gasteiger charge is -2.40. The molecule has 2 aliphatic rings. The van der Waals surface area contributed by atoms with Crippen molar-refractivity contribution in [1.82, 2.24) is 21.1 Å². The Morgan fingerprint density at radius 1 is 1.30 bits per heavy atom. The summed E-state index contributed by atoms with van der Waals surface area (Å²) in [6.07, 6.45) is -1.12. The van der Waals surface area contributed by atoms with Crippen LogP contribution in [-0.2, 0) is 10.7 Å². The molecule has 0 radical (unpaired) electrons. The van der Waals surface area contributed by atoms with E-state index in [1.54, 1.807) is 12.1 Å². The van der Waals surface area contributed by atoms with Gasteiger partial charge in [0.15, 0.2) is 0 Å². The lowest BCUT2D eigenvalue weighted by Crippen LogP contribution is -2.68. The van der Waals surface area contributed by atoms with E-state index < -0.39 is 30.3 Å². The molecule has 2 fully saturated rings. The molecular formula is C18H27F2N5O2. The van der Waals surface area contributed by atoms with Gasteiger partial charge in [-0.1, -0.05) is 38.1 Å². The van der Waals surface area contributed by atoms with Crippen molar-refractivity contribution < 1.29 is 18.7 Å². The molecule has 3 rings (SSSR count). The monoisotopic (exact) mass is 383 g/mol. The fourth-order valence-electron chi connectivity index (χ4n) is 3.98. The predicted octanol–water partition coefficient (Wildman–Crippen LogP) is 0.581. The van der Waals surface area contributed by atoms with Gasteiger partial charge in [-0.25, -0.2) is 19.2 Å². The molecule has 9 heteroatoms. The van der Waals surface area contributed by atoms with Crippen molar-refractivity contribution in [1.29, 1.82) is 0 Å². The molecule has 0 bridgehead atoms. The Hall–Kier alpha value is -1.65. The Labute approximate surface area is 157 Å². The van der Waals surface area contributed by atoms with Crippen LogP contribution < -0.4 is 21.8 Å². The lowest BCUT2D eigenvalue weighted by atomic mass is 9.91. The van der Waals surface area contributed by atoms with Crippen molar-refractivity contribution in [3.05, 3.63) is 35.4 Å². The summed E-state index contributed by atoms with van der Waals surface area (Å²) in [5.41, 5.74) is 9.87. The molecule has 2 heterocycles. The Morgan fingerprint density at radius 2 is 1.93 bits per heavy atom. The maximum absolute atomic E-state index is 13.5. The van der Waals surface area contributed by atoms with E-state index in [-0.39, 0.29) is 30.0 Å². The fourth-order valence-corrected chi connectivity index (χ4v) is 3.98. The largest absolute Gasteiger partial charge is 0.395 e. The van der Waals surface area contributed by atoms with Crippen LogP contribution in [0.3, 0.4) is 0 Å². The molecule has 5 atom stereocenters. The number of halogens is 2. The van der Waals surface area contributed by atoms with Crippen molar-refractivity contribution >= 4 is 5.91 Å². The second-order valence-electron chi connectivity index (χ2n) is 7.65. The van der Waals surface area contributed by atoms with Gasteiger partial charge >= 0.3 is 0 Å². The number of nitrogens with two attached hydrogens (primary N) is 1. The Bertz CT molecular complexity index is 679. The summed E-state index contributed by atoms with van der Waals surface area (Å²) >= 11 is 0. The van der Waals surface area contributed by atoms with Crippen molar-refractivity contribution in [2.75, 3.05) is 6.61 Å². The van der Waals surface area contributed by atoms with Crippen LogP contribution in [0.15, 0.2) is 24.3 Å². The maximum Gasteiger partial charge on any atom is 0.270 e. The Balaban J connectivity index is 1.93. The number of carbonyl (C=O) groups excluding carboxylic acids is 1. The molecule has 6 N–H and O–H groups in total. The molecule has 2 saturated heterocycles. The van der Waals surface area contributed by atoms with Gasteiger partial charge in [0.1, 0.15) is 6.29 Å². The number of nitrogens with one attached hydrogen (secondary N) is 3. The minimum atomic E-state index is -2.90. The Kier molecular flexibility index (Phi) is 5.51. The van der Waals surface area contributed by atoms with Gasteiger partial charge in [0, 0.05) is 12.5 Å². The Morgan fingerprint density at radius 3 is 2.44 bits per heavy atom. The van der Waals surface area contributed by atoms with Gasteiger partial charge in [0.25, 0.3) is 5.92 Å². The van der Waals surface area contributed by atoms with Crippen LogP contribution in [0.25, 0.3) is 0 Å². The van der Waals surface area contributed by atoms with Crippen LogP contribution in [0.5, 0.6) is 0 Å². The molecule has 1 amide bonds. The average molecular weight is 383 g/mol. The number of nitrogens with zero attached hydrogens (tertiary/aromatic N) is 1. The zero-order valence-electron chi connectivity index (χ0n) is 15.6. The molecule has 150 valence electrons. The summed E-state index contributed by atoms with van der Waals surface area (Å²) in [6.45, 7) is 4.68. The standard InChI is InChI=1S/C18H27F2N5O2/c1-9(2)14(10-4-6-11(7-5-10)18(3,19)20)25-15-13(12(8-26)24-25)16(27)23-17(21)22-15/h4-7,9,12-15,17,22,24,26H,8,21H2,1-3H3,(H,23,27)/t12?,13?,14-,15?,17?/m0/s1. The number of aliphatic hydroxyl groups excluding tert-OH is 1. The van der Waals surface area contributed by atoms with E-state index >= 15 is 0 Å². The van der Waals surface area contributed by atoms with E-state index in [1.165, 1.54) is 12.1 Å². The minimum absolute atomic E-state index is 0.0496. The van der Waals surface area contributed by atoms with Crippen molar-refractivity contribution in [3.63, 3.8) is 0 Å². The van der Waals surface area contributed by atoms with Crippen LogP contribution >= 0.6 is 0 Å². The highest BCUT2D eigenvalue weighted by Crippen LogP contribution is 2.36. The van der Waals surface area contributed by atoms with Crippen LogP contribution in [0.2, 0.25) is 0 Å². The van der Waals surface area contributed by atoms with Gasteiger partial charge in [-0.2, -0.15) is 0 Å². The van der Waals surface area contributed by atoms with Gasteiger partial charge in [-0.15, -0.1) is 0 Å². The summed E-state index contributed by atoms with van der Waals surface area (Å²) in [6, 6.07) is 5.55. The third kappa shape index (κ3) is 3.83. The summed E-state index contributed by atoms with van der Waals surface area (Å²) in [5, 5.41) is 17.4. The first-order valence-corrected chi connectivity index (χ1v) is 9.09. The van der Waals surface area contributed by atoms with Crippen molar-refractivity contribution in [2.45, 2.75) is 51.2 Å². The molecular weight excluding hydrogens is 356 g/mol. The number of carbonyl (C=O) groups is 1. The molecule has 0 aromatic heterocycles. The highest BCUT2D eigenvalue weighted by atomic mass is 19.3. The summed E-state index contributed by atoms with van der Waals surface area (Å²) in [7, 11) is 0. The molecule has 7 nitrogen and oxygen atoms in total. The fraction of sp³-hybridized carbons (Fsp3) is 0.611. The smallest absolute Gasteiger partial charge is 0.270 e. The van der Waals surface area contributed by atoms with Crippen LogP contribution in [0, 0.1) is 11.8 Å². The van der Waals surface area contributed by atoms with E-state index in [0.29, 0.717) is 0 Å². The predicted molar refractivity (Wildman–Crippen MR) is 96.0 cm³/mol. The molecule has 0 saturated carbocycles.